The Morgan fingerprint density at radius 3 is 2.59 bits per heavy atom. The van der Waals surface area contributed by atoms with Gasteiger partial charge in [0.15, 0.2) is 5.11 Å². The Kier molecular flexibility index (Phi) is 7.65. The molecular weight excluding hydrogens is 444 g/mol. The molecule has 0 radical (unpaired) electrons. The minimum absolute atomic E-state index is 0.619. The van der Waals surface area contributed by atoms with Crippen LogP contribution in [0.2, 0.25) is 0 Å². The van der Waals surface area contributed by atoms with Gasteiger partial charge in [-0.1, -0.05) is 6.07 Å². The third-order valence-corrected chi connectivity index (χ3v) is 6.10. The van der Waals surface area contributed by atoms with Gasteiger partial charge in [-0.15, -0.1) is 0 Å². The lowest BCUT2D eigenvalue weighted by atomic mass is 10.1. The number of ether oxygens (including phenoxy) is 2. The Balaban J connectivity index is 1.53. The third-order valence-electron chi connectivity index (χ3n) is 5.74. The van der Waals surface area contributed by atoms with Gasteiger partial charge in [0, 0.05) is 35.0 Å². The van der Waals surface area contributed by atoms with Crippen LogP contribution >= 0.6 is 12.2 Å². The Morgan fingerprint density at radius 2 is 1.88 bits per heavy atom. The lowest BCUT2D eigenvalue weighted by Crippen LogP contribution is -2.36. The summed E-state index contributed by atoms with van der Waals surface area (Å²) >= 11 is 5.83. The lowest BCUT2D eigenvalue weighted by molar-refractivity contribution is 0.340. The average molecular weight is 475 g/mol. The number of nitrogens with zero attached hydrogens (tertiary/aromatic N) is 2. The largest absolute Gasteiger partial charge is 0.497 e. The van der Waals surface area contributed by atoms with Gasteiger partial charge in [0.05, 0.1) is 26.0 Å². The second-order valence-corrected chi connectivity index (χ2v) is 8.41. The summed E-state index contributed by atoms with van der Waals surface area (Å²) in [6.45, 7) is 6.09. The molecule has 4 rings (SSSR count). The van der Waals surface area contributed by atoms with Crippen LogP contribution in [0.5, 0.6) is 11.5 Å². The quantitative estimate of drug-likeness (QED) is 0.303. The fourth-order valence-electron chi connectivity index (χ4n) is 4.00. The van der Waals surface area contributed by atoms with Gasteiger partial charge < -0.3 is 24.7 Å². The van der Waals surface area contributed by atoms with E-state index < -0.39 is 0 Å². The van der Waals surface area contributed by atoms with Crippen LogP contribution in [0.3, 0.4) is 0 Å². The molecule has 0 amide bonds. The SMILES string of the molecule is CCOc1ccc(NC(=S)N(CCc2c(C)[nH]c3ccc(OC)cc23)Cc2ccccn2)cc1. The maximum absolute atomic E-state index is 5.83. The van der Waals surface area contributed by atoms with E-state index in [1.165, 1.54) is 10.9 Å². The summed E-state index contributed by atoms with van der Waals surface area (Å²) < 4.78 is 11.0. The minimum atomic E-state index is 0.619. The molecule has 2 aromatic heterocycles. The number of aromatic nitrogens is 2. The number of rotatable bonds is 9. The zero-order valence-corrected chi connectivity index (χ0v) is 20.6. The molecule has 4 aromatic rings. The molecule has 0 aliphatic carbocycles. The van der Waals surface area contributed by atoms with Gasteiger partial charge in [0.25, 0.3) is 0 Å². The standard InChI is InChI=1S/C27H30N4O2S/c1-4-33-22-10-8-20(9-11-22)30-27(34)31(18-21-7-5-6-15-28-21)16-14-24-19(2)29-26-13-12-23(32-3)17-25(24)26/h5-13,15,17,29H,4,14,16,18H2,1-3H3,(H,30,34). The van der Waals surface area contributed by atoms with Crippen LogP contribution in [-0.4, -0.2) is 40.2 Å². The van der Waals surface area contributed by atoms with E-state index >= 15 is 0 Å². The molecular formula is C27H30N4O2S. The molecule has 0 bridgehead atoms. The van der Waals surface area contributed by atoms with E-state index in [4.69, 9.17) is 21.7 Å². The number of anilines is 1. The summed E-state index contributed by atoms with van der Waals surface area (Å²) in [6, 6.07) is 19.9. The molecule has 176 valence electrons. The predicted octanol–water partition coefficient (Wildman–Crippen LogP) is 5.72. The van der Waals surface area contributed by atoms with Crippen molar-refractivity contribution in [2.24, 2.45) is 0 Å². The van der Waals surface area contributed by atoms with E-state index in [9.17, 15) is 0 Å². The van der Waals surface area contributed by atoms with Crippen LogP contribution < -0.4 is 14.8 Å². The van der Waals surface area contributed by atoms with Gasteiger partial charge in [0.1, 0.15) is 11.5 Å². The Morgan fingerprint density at radius 1 is 1.09 bits per heavy atom. The topological polar surface area (TPSA) is 62.4 Å². The molecule has 2 N–H and O–H groups in total. The monoisotopic (exact) mass is 474 g/mol. The number of benzene rings is 2. The van der Waals surface area contributed by atoms with Gasteiger partial charge in [-0.3, -0.25) is 4.98 Å². The Hall–Kier alpha value is -3.58. The first-order valence-electron chi connectivity index (χ1n) is 11.4. The molecule has 0 unspecified atom stereocenters. The van der Waals surface area contributed by atoms with E-state index in [2.05, 4.69) is 39.2 Å². The van der Waals surface area contributed by atoms with Crippen LogP contribution in [0.25, 0.3) is 10.9 Å². The fourth-order valence-corrected chi connectivity index (χ4v) is 4.27. The summed E-state index contributed by atoms with van der Waals surface area (Å²) in [5.41, 5.74) is 5.43. The molecule has 0 aliphatic heterocycles. The zero-order valence-electron chi connectivity index (χ0n) is 19.8. The molecule has 0 atom stereocenters. The van der Waals surface area contributed by atoms with Crippen LogP contribution in [-0.2, 0) is 13.0 Å². The average Bonchev–Trinajstić information content (AvgIpc) is 3.17. The predicted molar refractivity (Wildman–Crippen MR) is 142 cm³/mol. The van der Waals surface area contributed by atoms with Crippen LogP contribution in [0.1, 0.15) is 23.9 Å². The number of hydrogen-bond donors (Lipinski definition) is 2. The van der Waals surface area contributed by atoms with E-state index in [1.807, 2.05) is 61.7 Å². The highest BCUT2D eigenvalue weighted by molar-refractivity contribution is 7.80. The highest BCUT2D eigenvalue weighted by atomic mass is 32.1. The van der Waals surface area contributed by atoms with Gasteiger partial charge in [-0.25, -0.2) is 0 Å². The molecule has 2 aromatic carbocycles. The number of hydrogen-bond acceptors (Lipinski definition) is 4. The fraction of sp³-hybridized carbons (Fsp3) is 0.259. The van der Waals surface area contributed by atoms with Gasteiger partial charge in [-0.05, 0) is 92.6 Å². The normalized spacial score (nSPS) is 10.8. The third kappa shape index (κ3) is 5.66. The number of pyridine rings is 1. The summed E-state index contributed by atoms with van der Waals surface area (Å²) in [5.74, 6) is 1.69. The van der Waals surface area contributed by atoms with Crippen molar-refractivity contribution in [3.05, 3.63) is 83.8 Å². The number of fused-ring (bicyclic) bond motifs is 1. The molecule has 0 fully saturated rings. The van der Waals surface area contributed by atoms with Crippen LogP contribution in [0.15, 0.2) is 66.9 Å². The van der Waals surface area contributed by atoms with Crippen molar-refractivity contribution in [3.63, 3.8) is 0 Å². The van der Waals surface area contributed by atoms with Crippen molar-refractivity contribution in [2.75, 3.05) is 25.6 Å². The second-order valence-electron chi connectivity index (χ2n) is 8.02. The molecule has 6 nitrogen and oxygen atoms in total. The molecule has 0 spiro atoms. The smallest absolute Gasteiger partial charge is 0.173 e. The first-order chi connectivity index (χ1) is 16.6. The second kappa shape index (κ2) is 11.0. The van der Waals surface area contributed by atoms with E-state index in [0.717, 1.165) is 47.1 Å². The van der Waals surface area contributed by atoms with Crippen molar-refractivity contribution in [1.29, 1.82) is 0 Å². The van der Waals surface area contributed by atoms with E-state index in [1.54, 1.807) is 7.11 Å². The maximum Gasteiger partial charge on any atom is 0.173 e. The van der Waals surface area contributed by atoms with Crippen LogP contribution in [0, 0.1) is 6.92 Å². The number of thiocarbonyl (C=S) groups is 1. The van der Waals surface area contributed by atoms with Crippen molar-refractivity contribution >= 4 is 33.9 Å². The number of aryl methyl sites for hydroxylation is 1. The number of nitrogens with one attached hydrogen (secondary N) is 2. The van der Waals surface area contributed by atoms with Gasteiger partial charge >= 0.3 is 0 Å². The van der Waals surface area contributed by atoms with Crippen LogP contribution in [0.4, 0.5) is 5.69 Å². The van der Waals surface area contributed by atoms with Crippen molar-refractivity contribution in [3.8, 4) is 11.5 Å². The van der Waals surface area contributed by atoms with Crippen molar-refractivity contribution in [2.45, 2.75) is 26.8 Å². The molecule has 34 heavy (non-hydrogen) atoms. The number of aromatic amines is 1. The molecule has 7 heteroatoms. The van der Waals surface area contributed by atoms with E-state index in [0.29, 0.717) is 18.3 Å². The van der Waals surface area contributed by atoms with Crippen molar-refractivity contribution < 1.29 is 9.47 Å². The van der Waals surface area contributed by atoms with Gasteiger partial charge in [-0.2, -0.15) is 0 Å². The number of methoxy groups -OCH3 is 1. The maximum atomic E-state index is 5.83. The lowest BCUT2D eigenvalue weighted by Gasteiger charge is -2.26. The van der Waals surface area contributed by atoms with Gasteiger partial charge in [0.2, 0.25) is 0 Å². The molecule has 0 aliphatic rings. The summed E-state index contributed by atoms with van der Waals surface area (Å²) in [4.78, 5) is 10.2. The van der Waals surface area contributed by atoms with E-state index in [-0.39, 0.29) is 0 Å². The number of H-pyrrole nitrogens is 1. The zero-order chi connectivity index (χ0) is 23.9. The molecule has 0 saturated carbocycles. The Labute approximate surface area is 205 Å². The van der Waals surface area contributed by atoms with Crippen molar-refractivity contribution in [1.82, 2.24) is 14.9 Å². The summed E-state index contributed by atoms with van der Waals surface area (Å²) in [7, 11) is 1.69. The first kappa shape index (κ1) is 23.6. The highest BCUT2D eigenvalue weighted by Crippen LogP contribution is 2.27. The molecule has 0 saturated heterocycles. The first-order valence-corrected chi connectivity index (χ1v) is 11.8. The summed E-state index contributed by atoms with van der Waals surface area (Å²) in [6.07, 6.45) is 2.64. The minimum Gasteiger partial charge on any atom is -0.497 e. The highest BCUT2D eigenvalue weighted by Gasteiger charge is 2.15. The molecule has 2 heterocycles. The Bertz CT molecular complexity index is 1240. The summed E-state index contributed by atoms with van der Waals surface area (Å²) in [5, 5.41) is 5.22.